The Labute approximate surface area is 182 Å². The minimum atomic E-state index is -1.07. The highest BCUT2D eigenvalue weighted by Gasteiger charge is 2.43. The molecule has 10 heteroatoms. The Hall–Kier alpha value is -3.27. The van der Waals surface area contributed by atoms with E-state index in [2.05, 4.69) is 5.32 Å². The smallest absolute Gasteiger partial charge is 0.274 e. The largest absolute Gasteiger partial charge is 0.491 e. The number of likely N-dealkylation sites (N-methyl/N-ethyl adjacent to an activating group) is 1. The zero-order chi connectivity index (χ0) is 23.0. The van der Waals surface area contributed by atoms with Crippen molar-refractivity contribution in [2.75, 3.05) is 26.9 Å². The molecule has 8 nitrogen and oxygen atoms in total. The second kappa shape index (κ2) is 8.70. The molecule has 0 unspecified atom stereocenters. The van der Waals surface area contributed by atoms with E-state index < -0.39 is 23.0 Å². The third-order valence-corrected chi connectivity index (χ3v) is 5.96. The van der Waals surface area contributed by atoms with Gasteiger partial charge in [0, 0.05) is 31.5 Å². The number of hydrogen-bond acceptors (Lipinski definition) is 5. The number of nitrogens with zero attached hydrogens (tertiary/aromatic N) is 2. The van der Waals surface area contributed by atoms with Gasteiger partial charge in [-0.3, -0.25) is 14.4 Å². The molecule has 32 heavy (non-hydrogen) atoms. The van der Waals surface area contributed by atoms with E-state index in [0.717, 1.165) is 6.07 Å². The molecule has 1 aromatic heterocycles. The van der Waals surface area contributed by atoms with Gasteiger partial charge in [-0.2, -0.15) is 0 Å². The topological polar surface area (TPSA) is 89.9 Å². The standard InChI is InChI=1S/C22H23F2N3O5/c1-3-26-16-11-32-8-7-15(16)27-10-13(19(28)20(31-2)18(27)22(26)30)21(29)25-9-12-5-4-6-14(23)17(12)24/h4-6,10,15-16H,3,7-9,11H2,1-2H3,(H,25,29)/t15-,16+/m0/s1. The summed E-state index contributed by atoms with van der Waals surface area (Å²) in [5.74, 6) is -3.47. The summed E-state index contributed by atoms with van der Waals surface area (Å²) in [7, 11) is 1.26. The van der Waals surface area contributed by atoms with Crippen molar-refractivity contribution in [3.8, 4) is 5.75 Å². The maximum atomic E-state index is 13.9. The van der Waals surface area contributed by atoms with Gasteiger partial charge in [0.2, 0.25) is 5.43 Å². The number of carbonyl (C=O) groups excluding carboxylic acids is 2. The molecule has 170 valence electrons. The molecule has 2 aliphatic rings. The van der Waals surface area contributed by atoms with Crippen LogP contribution in [0.2, 0.25) is 0 Å². The van der Waals surface area contributed by atoms with Crippen LogP contribution >= 0.6 is 0 Å². The van der Waals surface area contributed by atoms with Crippen LogP contribution in [0.3, 0.4) is 0 Å². The van der Waals surface area contributed by atoms with Crippen molar-refractivity contribution in [3.05, 3.63) is 63.1 Å². The Bertz CT molecular complexity index is 1130. The predicted octanol–water partition coefficient (Wildman–Crippen LogP) is 1.87. The van der Waals surface area contributed by atoms with Gasteiger partial charge in [0.25, 0.3) is 11.8 Å². The summed E-state index contributed by atoms with van der Waals surface area (Å²) in [5.41, 5.74) is -0.951. The SMILES string of the molecule is CCN1C(=O)c2c(OC)c(=O)c(C(=O)NCc3cccc(F)c3F)cn2[C@H]2CCOC[C@H]21. The molecule has 1 fully saturated rings. The number of pyridine rings is 1. The molecular weight excluding hydrogens is 424 g/mol. The lowest BCUT2D eigenvalue weighted by molar-refractivity contribution is -0.0176. The van der Waals surface area contributed by atoms with E-state index in [0.29, 0.717) is 26.2 Å². The third-order valence-electron chi connectivity index (χ3n) is 5.96. The van der Waals surface area contributed by atoms with Crippen LogP contribution < -0.4 is 15.5 Å². The minimum absolute atomic E-state index is 0.0540. The molecule has 0 aliphatic carbocycles. The first-order chi connectivity index (χ1) is 15.4. The zero-order valence-electron chi connectivity index (χ0n) is 17.7. The van der Waals surface area contributed by atoms with Crippen LogP contribution in [0.5, 0.6) is 5.75 Å². The van der Waals surface area contributed by atoms with Crippen LogP contribution in [0.4, 0.5) is 8.78 Å². The number of hydrogen-bond donors (Lipinski definition) is 1. The van der Waals surface area contributed by atoms with Crippen molar-refractivity contribution in [2.45, 2.75) is 32.0 Å². The fourth-order valence-electron chi connectivity index (χ4n) is 4.38. The maximum Gasteiger partial charge on any atom is 0.274 e. The number of ether oxygens (including phenoxy) is 2. The molecule has 1 saturated heterocycles. The van der Waals surface area contributed by atoms with Crippen molar-refractivity contribution in [3.63, 3.8) is 0 Å². The van der Waals surface area contributed by atoms with Crippen LogP contribution in [-0.4, -0.2) is 54.2 Å². The van der Waals surface area contributed by atoms with Gasteiger partial charge in [-0.25, -0.2) is 8.78 Å². The van der Waals surface area contributed by atoms with E-state index in [-0.39, 0.29) is 47.1 Å². The summed E-state index contributed by atoms with van der Waals surface area (Å²) in [4.78, 5) is 40.6. The third kappa shape index (κ3) is 3.54. The van der Waals surface area contributed by atoms with E-state index in [1.165, 1.54) is 25.4 Å². The number of carbonyl (C=O) groups is 2. The first kappa shape index (κ1) is 21.9. The van der Waals surface area contributed by atoms with E-state index in [4.69, 9.17) is 9.47 Å². The second-order valence-corrected chi connectivity index (χ2v) is 7.65. The van der Waals surface area contributed by atoms with Crippen molar-refractivity contribution in [1.82, 2.24) is 14.8 Å². The van der Waals surface area contributed by atoms with Gasteiger partial charge < -0.3 is 24.3 Å². The predicted molar refractivity (Wildman–Crippen MR) is 110 cm³/mol. The summed E-state index contributed by atoms with van der Waals surface area (Å²) in [6, 6.07) is 3.20. The fraction of sp³-hybridized carbons (Fsp3) is 0.409. The van der Waals surface area contributed by atoms with Crippen molar-refractivity contribution in [2.24, 2.45) is 0 Å². The summed E-state index contributed by atoms with van der Waals surface area (Å²) >= 11 is 0. The van der Waals surface area contributed by atoms with E-state index in [9.17, 15) is 23.2 Å². The highest BCUT2D eigenvalue weighted by molar-refractivity contribution is 5.99. The minimum Gasteiger partial charge on any atom is -0.491 e. The van der Waals surface area contributed by atoms with Crippen LogP contribution in [0.15, 0.2) is 29.2 Å². The molecule has 2 aromatic rings. The monoisotopic (exact) mass is 447 g/mol. The van der Waals surface area contributed by atoms with Gasteiger partial charge >= 0.3 is 0 Å². The first-order valence-corrected chi connectivity index (χ1v) is 10.3. The highest BCUT2D eigenvalue weighted by Crippen LogP contribution is 2.35. The van der Waals surface area contributed by atoms with E-state index >= 15 is 0 Å². The molecule has 3 heterocycles. The average molecular weight is 447 g/mol. The highest BCUT2D eigenvalue weighted by atomic mass is 19.2. The summed E-state index contributed by atoms with van der Waals surface area (Å²) in [6.07, 6.45) is 1.94. The van der Waals surface area contributed by atoms with Gasteiger partial charge in [0.05, 0.1) is 25.8 Å². The van der Waals surface area contributed by atoms with Crippen molar-refractivity contribution in [1.29, 1.82) is 0 Å². The Balaban J connectivity index is 1.73. The molecule has 0 radical (unpaired) electrons. The molecule has 4 rings (SSSR count). The Morgan fingerprint density at radius 2 is 2.06 bits per heavy atom. The summed E-state index contributed by atoms with van der Waals surface area (Å²) < 4.78 is 39.8. The van der Waals surface area contributed by atoms with Gasteiger partial charge in [-0.15, -0.1) is 0 Å². The first-order valence-electron chi connectivity index (χ1n) is 10.3. The number of benzene rings is 1. The van der Waals surface area contributed by atoms with Crippen LogP contribution in [0.25, 0.3) is 0 Å². The molecule has 1 N–H and O–H groups in total. The van der Waals surface area contributed by atoms with Crippen molar-refractivity contribution >= 4 is 11.8 Å². The number of halogens is 2. The number of aromatic nitrogens is 1. The fourth-order valence-corrected chi connectivity index (χ4v) is 4.38. The number of rotatable bonds is 5. The average Bonchev–Trinajstić information content (AvgIpc) is 2.80. The molecule has 0 bridgehead atoms. The Morgan fingerprint density at radius 1 is 1.28 bits per heavy atom. The molecule has 0 spiro atoms. The second-order valence-electron chi connectivity index (χ2n) is 7.65. The molecule has 1 aromatic carbocycles. The van der Waals surface area contributed by atoms with Crippen molar-refractivity contribution < 1.29 is 27.8 Å². The van der Waals surface area contributed by atoms with Gasteiger partial charge in [0.1, 0.15) is 5.56 Å². The van der Waals surface area contributed by atoms with E-state index in [1.807, 2.05) is 6.92 Å². The molecular formula is C22H23F2N3O5. The Kier molecular flexibility index (Phi) is 5.96. The molecule has 2 amide bonds. The van der Waals surface area contributed by atoms with Gasteiger partial charge in [-0.1, -0.05) is 12.1 Å². The molecule has 0 saturated carbocycles. The number of methoxy groups -OCH3 is 1. The van der Waals surface area contributed by atoms with E-state index in [1.54, 1.807) is 9.47 Å². The zero-order valence-corrected chi connectivity index (χ0v) is 17.7. The number of fused-ring (bicyclic) bond motifs is 3. The maximum absolute atomic E-state index is 13.9. The quantitative estimate of drug-likeness (QED) is 0.756. The number of amides is 2. The lowest BCUT2D eigenvalue weighted by Gasteiger charge is -2.45. The van der Waals surface area contributed by atoms with Crippen LogP contribution in [0.1, 0.15) is 45.8 Å². The van der Waals surface area contributed by atoms with Gasteiger partial charge in [-0.05, 0) is 19.4 Å². The van der Waals surface area contributed by atoms with Crippen LogP contribution in [-0.2, 0) is 11.3 Å². The lowest BCUT2D eigenvalue weighted by Crippen LogP contribution is -2.55. The van der Waals surface area contributed by atoms with Gasteiger partial charge in [0.15, 0.2) is 23.1 Å². The molecule has 2 aliphatic heterocycles. The summed E-state index contributed by atoms with van der Waals surface area (Å²) in [5, 5.41) is 2.45. The normalized spacial score (nSPS) is 19.9. The number of nitrogens with one attached hydrogen (secondary N) is 1. The molecule has 2 atom stereocenters. The Morgan fingerprint density at radius 3 is 2.78 bits per heavy atom. The van der Waals surface area contributed by atoms with Crippen LogP contribution in [0, 0.1) is 11.6 Å². The lowest BCUT2D eigenvalue weighted by atomic mass is 9.96. The summed E-state index contributed by atoms with van der Waals surface area (Å²) in [6.45, 7) is 2.79.